The van der Waals surface area contributed by atoms with Gasteiger partial charge in [0.05, 0.1) is 12.1 Å². The van der Waals surface area contributed by atoms with E-state index >= 15 is 0 Å². The van der Waals surface area contributed by atoms with Crippen molar-refractivity contribution in [2.75, 3.05) is 14.1 Å². The van der Waals surface area contributed by atoms with Crippen LogP contribution in [0.5, 0.6) is 0 Å². The molecule has 1 fully saturated rings. The standard InChI is InChI=1S/C37H50N4O6/c1-23(2)28(21-24(3)35(46)47-41-29(42)19-20-30(41)43)40(10)34(45)32(36(4,5)6)39-33(44)31(38-9)37(7,8)27-18-14-17-26(22-27)25-15-12-11-13-16-25/h11-18,21-23,28,31-32,38H,19-20H2,1-10H3,(H,39,44)/b24-21+/t28-,31-,32?/m1/s1. The Morgan fingerprint density at radius 3 is 2.00 bits per heavy atom. The first-order chi connectivity index (χ1) is 21.9. The van der Waals surface area contributed by atoms with Crippen LogP contribution >= 0.6 is 0 Å². The topological polar surface area (TPSA) is 125 Å². The number of hydrogen-bond donors (Lipinski definition) is 2. The van der Waals surface area contributed by atoms with E-state index in [1.165, 1.54) is 11.8 Å². The number of carbonyl (C=O) groups excluding carboxylic acids is 5. The zero-order valence-corrected chi connectivity index (χ0v) is 29.3. The molecule has 2 N–H and O–H groups in total. The maximum atomic E-state index is 14.2. The molecule has 0 spiro atoms. The van der Waals surface area contributed by atoms with Crippen LogP contribution in [-0.4, -0.2) is 71.8 Å². The zero-order chi connectivity index (χ0) is 35.3. The van der Waals surface area contributed by atoms with Crippen molar-refractivity contribution in [2.45, 2.75) is 91.8 Å². The number of hydrogen-bond acceptors (Lipinski definition) is 7. The van der Waals surface area contributed by atoms with Crippen LogP contribution in [0.2, 0.25) is 0 Å². The second kappa shape index (κ2) is 15.1. The Labute approximate surface area is 278 Å². The lowest BCUT2D eigenvalue weighted by atomic mass is 9.76. The average molecular weight is 647 g/mol. The Balaban J connectivity index is 1.85. The van der Waals surface area contributed by atoms with E-state index in [4.69, 9.17) is 4.84 Å². The number of nitrogens with one attached hydrogen (secondary N) is 2. The molecule has 1 heterocycles. The minimum atomic E-state index is -0.899. The molecule has 1 unspecified atom stereocenters. The molecule has 3 rings (SSSR count). The number of hydroxylamine groups is 2. The van der Waals surface area contributed by atoms with Gasteiger partial charge in [-0.25, -0.2) is 4.79 Å². The van der Waals surface area contributed by atoms with Crippen molar-refractivity contribution in [3.8, 4) is 11.1 Å². The molecule has 10 nitrogen and oxygen atoms in total. The Morgan fingerprint density at radius 1 is 0.894 bits per heavy atom. The van der Waals surface area contributed by atoms with Gasteiger partial charge in [0.2, 0.25) is 11.8 Å². The predicted molar refractivity (Wildman–Crippen MR) is 181 cm³/mol. The highest BCUT2D eigenvalue weighted by molar-refractivity contribution is 6.02. The van der Waals surface area contributed by atoms with Gasteiger partial charge < -0.3 is 20.4 Å². The van der Waals surface area contributed by atoms with Crippen molar-refractivity contribution in [1.29, 1.82) is 0 Å². The highest BCUT2D eigenvalue weighted by Crippen LogP contribution is 2.32. The molecule has 1 aliphatic heterocycles. The van der Waals surface area contributed by atoms with Crippen molar-refractivity contribution in [1.82, 2.24) is 20.6 Å². The monoisotopic (exact) mass is 646 g/mol. The van der Waals surface area contributed by atoms with E-state index in [1.807, 2.05) is 97.0 Å². The van der Waals surface area contributed by atoms with Gasteiger partial charge >= 0.3 is 5.97 Å². The van der Waals surface area contributed by atoms with E-state index in [-0.39, 0.29) is 36.1 Å². The van der Waals surface area contributed by atoms with Crippen molar-refractivity contribution >= 4 is 29.6 Å². The minimum absolute atomic E-state index is 0.00763. The van der Waals surface area contributed by atoms with E-state index in [1.54, 1.807) is 20.2 Å². The molecule has 10 heteroatoms. The molecular formula is C37H50N4O6. The Morgan fingerprint density at radius 2 is 1.47 bits per heavy atom. The third-order valence-electron chi connectivity index (χ3n) is 8.79. The normalized spacial score (nSPS) is 16.1. The number of nitrogens with zero attached hydrogens (tertiary/aromatic N) is 2. The fraction of sp³-hybridized carbons (Fsp3) is 0.486. The summed E-state index contributed by atoms with van der Waals surface area (Å²) in [6.07, 6.45) is 1.58. The van der Waals surface area contributed by atoms with E-state index in [9.17, 15) is 24.0 Å². The lowest BCUT2D eigenvalue weighted by Crippen LogP contribution is -2.61. The van der Waals surface area contributed by atoms with Gasteiger partial charge in [-0.3, -0.25) is 19.2 Å². The molecule has 3 atom stereocenters. The van der Waals surface area contributed by atoms with E-state index < -0.39 is 46.7 Å². The van der Waals surface area contributed by atoms with E-state index in [0.717, 1.165) is 16.7 Å². The van der Waals surface area contributed by atoms with Crippen LogP contribution in [0.4, 0.5) is 0 Å². The number of likely N-dealkylation sites (N-methyl/N-ethyl adjacent to an activating group) is 2. The van der Waals surface area contributed by atoms with Crippen LogP contribution in [0.3, 0.4) is 0 Å². The fourth-order valence-electron chi connectivity index (χ4n) is 5.83. The Bertz CT molecular complexity index is 1490. The van der Waals surface area contributed by atoms with Crippen LogP contribution in [-0.2, 0) is 34.2 Å². The van der Waals surface area contributed by atoms with Gasteiger partial charge in [-0.2, -0.15) is 0 Å². The third kappa shape index (κ3) is 8.74. The summed E-state index contributed by atoms with van der Waals surface area (Å²) >= 11 is 0. The molecule has 0 saturated carbocycles. The summed E-state index contributed by atoms with van der Waals surface area (Å²) in [7, 11) is 3.37. The molecule has 2 aromatic carbocycles. The number of benzene rings is 2. The van der Waals surface area contributed by atoms with Crippen molar-refractivity contribution in [3.05, 3.63) is 71.8 Å². The first-order valence-electron chi connectivity index (χ1n) is 16.1. The van der Waals surface area contributed by atoms with Crippen LogP contribution in [0.25, 0.3) is 11.1 Å². The molecule has 0 aromatic heterocycles. The largest absolute Gasteiger partial charge is 0.359 e. The van der Waals surface area contributed by atoms with Gasteiger partial charge in [-0.05, 0) is 42.0 Å². The number of imide groups is 1. The lowest BCUT2D eigenvalue weighted by molar-refractivity contribution is -0.194. The van der Waals surface area contributed by atoms with Gasteiger partial charge in [-0.1, -0.05) is 109 Å². The average Bonchev–Trinajstić information content (AvgIpc) is 3.33. The fourth-order valence-corrected chi connectivity index (χ4v) is 5.83. The molecule has 0 aliphatic carbocycles. The first-order valence-corrected chi connectivity index (χ1v) is 16.1. The van der Waals surface area contributed by atoms with Crippen LogP contribution in [0.1, 0.15) is 73.8 Å². The molecule has 1 aliphatic rings. The van der Waals surface area contributed by atoms with Crippen molar-refractivity contribution < 1.29 is 28.8 Å². The minimum Gasteiger partial charge on any atom is -0.342 e. The van der Waals surface area contributed by atoms with Gasteiger partial charge in [0.1, 0.15) is 6.04 Å². The van der Waals surface area contributed by atoms with Gasteiger partial charge in [0.15, 0.2) is 0 Å². The summed E-state index contributed by atoms with van der Waals surface area (Å²) in [5, 5.41) is 6.74. The summed E-state index contributed by atoms with van der Waals surface area (Å²) in [5.41, 5.74) is 1.91. The smallest absolute Gasteiger partial charge is 0.342 e. The van der Waals surface area contributed by atoms with Gasteiger partial charge in [-0.15, -0.1) is 5.06 Å². The first kappa shape index (κ1) is 37.2. The summed E-state index contributed by atoms with van der Waals surface area (Å²) in [4.78, 5) is 71.5. The van der Waals surface area contributed by atoms with E-state index in [2.05, 4.69) is 16.7 Å². The van der Waals surface area contributed by atoms with Crippen LogP contribution in [0, 0.1) is 11.3 Å². The third-order valence-corrected chi connectivity index (χ3v) is 8.79. The molecule has 2 aromatic rings. The zero-order valence-electron chi connectivity index (χ0n) is 29.3. The van der Waals surface area contributed by atoms with E-state index in [0.29, 0.717) is 5.06 Å². The maximum Gasteiger partial charge on any atom is 0.359 e. The molecule has 1 saturated heterocycles. The summed E-state index contributed by atoms with van der Waals surface area (Å²) < 4.78 is 0. The van der Waals surface area contributed by atoms with Crippen LogP contribution < -0.4 is 10.6 Å². The second-order valence-corrected chi connectivity index (χ2v) is 14.2. The highest BCUT2D eigenvalue weighted by Gasteiger charge is 2.42. The lowest BCUT2D eigenvalue weighted by Gasteiger charge is -2.40. The Hall–Kier alpha value is -4.31. The maximum absolute atomic E-state index is 14.2. The number of rotatable bonds is 12. The highest BCUT2D eigenvalue weighted by atomic mass is 16.7. The van der Waals surface area contributed by atoms with Gasteiger partial charge in [0.25, 0.3) is 11.8 Å². The Kier molecular flexibility index (Phi) is 11.9. The number of amides is 4. The number of carbonyl (C=O) groups is 5. The van der Waals surface area contributed by atoms with Crippen molar-refractivity contribution in [3.63, 3.8) is 0 Å². The summed E-state index contributed by atoms with van der Waals surface area (Å²) in [6.45, 7) is 15.0. The quantitative estimate of drug-likeness (QED) is 0.251. The molecule has 0 bridgehead atoms. The molecule has 0 radical (unpaired) electrons. The molecule has 4 amide bonds. The van der Waals surface area contributed by atoms with Crippen molar-refractivity contribution in [2.24, 2.45) is 11.3 Å². The molecule has 254 valence electrons. The summed E-state index contributed by atoms with van der Waals surface area (Å²) in [5.74, 6) is -2.76. The predicted octanol–water partition coefficient (Wildman–Crippen LogP) is 4.79. The second-order valence-electron chi connectivity index (χ2n) is 14.2. The van der Waals surface area contributed by atoms with Gasteiger partial charge in [0, 0.05) is 30.9 Å². The van der Waals surface area contributed by atoms with Crippen LogP contribution in [0.15, 0.2) is 66.2 Å². The molecule has 47 heavy (non-hydrogen) atoms. The molecular weight excluding hydrogens is 596 g/mol. The summed E-state index contributed by atoms with van der Waals surface area (Å²) in [6, 6.07) is 16.0. The SMILES string of the molecule is CN[C@H](C(=O)NC(C(=O)N(C)[C@H](/C=C(\C)C(=O)ON1C(=O)CCC1=O)C(C)C)C(C)(C)C)C(C)(C)c1cccc(-c2ccccc2)c1.